The second-order valence-corrected chi connectivity index (χ2v) is 10.6. The maximum absolute atomic E-state index is 13.2. The molecule has 1 aliphatic carbocycles. The van der Waals surface area contributed by atoms with E-state index in [0.717, 1.165) is 48.6 Å². The minimum absolute atomic E-state index is 0.0779. The normalized spacial score (nSPS) is 19.0. The Morgan fingerprint density at radius 2 is 1.93 bits per heavy atom. The van der Waals surface area contributed by atoms with Crippen molar-refractivity contribution in [1.82, 2.24) is 14.9 Å². The summed E-state index contributed by atoms with van der Waals surface area (Å²) in [5.41, 5.74) is 2.59. The van der Waals surface area contributed by atoms with Crippen LogP contribution in [0.1, 0.15) is 64.7 Å². The van der Waals surface area contributed by atoms with E-state index < -0.39 is 23.8 Å². The Hall–Kier alpha value is -3.76. The van der Waals surface area contributed by atoms with Crippen molar-refractivity contribution in [2.45, 2.75) is 49.9 Å². The zero-order valence-electron chi connectivity index (χ0n) is 21.6. The molecule has 3 aliphatic rings. The molecule has 7 nitrogen and oxygen atoms in total. The summed E-state index contributed by atoms with van der Waals surface area (Å²) in [5, 5.41) is 10.6. The van der Waals surface area contributed by atoms with Crippen LogP contribution < -0.4 is 5.56 Å². The van der Waals surface area contributed by atoms with Gasteiger partial charge in [-0.2, -0.15) is 13.2 Å². The van der Waals surface area contributed by atoms with Gasteiger partial charge < -0.3 is 19.7 Å². The van der Waals surface area contributed by atoms with Crippen molar-refractivity contribution in [2.24, 2.45) is 0 Å². The van der Waals surface area contributed by atoms with Gasteiger partial charge in [-0.3, -0.25) is 9.59 Å². The number of aliphatic hydroxyl groups excluding tert-OH is 1. The minimum atomic E-state index is -4.60. The lowest BCUT2D eigenvalue weighted by atomic mass is 9.90. The zero-order chi connectivity index (χ0) is 28.1. The number of carbonyl (C=O) groups excluding carboxylic acids is 1. The Morgan fingerprint density at radius 1 is 1.12 bits per heavy atom. The molecule has 0 radical (unpaired) electrons. The third-order valence-corrected chi connectivity index (χ3v) is 8.10. The number of halogens is 3. The van der Waals surface area contributed by atoms with Crippen LogP contribution in [0.15, 0.2) is 59.4 Å². The number of H-pyrrole nitrogens is 1. The number of amides is 1. The maximum atomic E-state index is 13.2. The molecule has 3 heterocycles. The first-order valence-electron chi connectivity index (χ1n) is 13.3. The number of benzene rings is 2. The van der Waals surface area contributed by atoms with Crippen LogP contribution >= 0.6 is 0 Å². The van der Waals surface area contributed by atoms with Gasteiger partial charge in [-0.05, 0) is 53.7 Å². The Balaban J connectivity index is 1.23. The molecule has 6 rings (SSSR count). The van der Waals surface area contributed by atoms with Crippen molar-refractivity contribution in [3.8, 4) is 0 Å². The highest BCUT2D eigenvalue weighted by atomic mass is 19.4. The van der Waals surface area contributed by atoms with Crippen LogP contribution in [-0.4, -0.2) is 45.6 Å². The van der Waals surface area contributed by atoms with Crippen molar-refractivity contribution in [3.05, 3.63) is 104 Å². The molecule has 10 heteroatoms. The number of ether oxygens (including phenoxy) is 1. The van der Waals surface area contributed by atoms with E-state index in [9.17, 15) is 27.9 Å². The molecule has 1 fully saturated rings. The molecule has 0 spiro atoms. The fourth-order valence-electron chi connectivity index (χ4n) is 5.63. The van der Waals surface area contributed by atoms with E-state index >= 15 is 0 Å². The van der Waals surface area contributed by atoms with Gasteiger partial charge in [-0.25, -0.2) is 4.98 Å². The molecule has 1 amide bonds. The summed E-state index contributed by atoms with van der Waals surface area (Å²) in [6.07, 6.45) is -1.41. The fourth-order valence-corrected chi connectivity index (χ4v) is 5.63. The third kappa shape index (κ3) is 4.86. The Kier molecular flexibility index (Phi) is 6.62. The number of hydrogen-bond acceptors (Lipinski definition) is 5. The van der Waals surface area contributed by atoms with Crippen molar-refractivity contribution < 1.29 is 27.8 Å². The van der Waals surface area contributed by atoms with Crippen LogP contribution in [0.5, 0.6) is 0 Å². The predicted octanol–water partition coefficient (Wildman–Crippen LogP) is 4.29. The van der Waals surface area contributed by atoms with Gasteiger partial charge >= 0.3 is 6.18 Å². The van der Waals surface area contributed by atoms with Gasteiger partial charge in [0.25, 0.3) is 11.5 Å². The molecule has 208 valence electrons. The average molecular weight is 552 g/mol. The Bertz CT molecular complexity index is 1560. The second kappa shape index (κ2) is 10.0. The summed E-state index contributed by atoms with van der Waals surface area (Å²) in [6.45, 7) is 1.40. The molecule has 3 aromatic rings. The van der Waals surface area contributed by atoms with Crippen LogP contribution in [0.25, 0.3) is 5.57 Å². The number of fused-ring (bicyclic) bond motifs is 1. The topological polar surface area (TPSA) is 95.5 Å². The zero-order valence-corrected chi connectivity index (χ0v) is 21.6. The summed E-state index contributed by atoms with van der Waals surface area (Å²) < 4.78 is 44.7. The van der Waals surface area contributed by atoms with Crippen molar-refractivity contribution in [1.29, 1.82) is 0 Å². The summed E-state index contributed by atoms with van der Waals surface area (Å²) in [4.78, 5) is 35.3. The van der Waals surface area contributed by atoms with Crippen LogP contribution in [-0.2, 0) is 34.1 Å². The molecule has 1 atom stereocenters. The van der Waals surface area contributed by atoms with Gasteiger partial charge in [0.15, 0.2) is 6.10 Å². The smallest absolute Gasteiger partial charge is 0.378 e. The van der Waals surface area contributed by atoms with Gasteiger partial charge in [0.1, 0.15) is 5.82 Å². The lowest BCUT2D eigenvalue weighted by molar-refractivity contribution is -0.142. The number of carbonyl (C=O) groups is 1. The van der Waals surface area contributed by atoms with E-state index in [1.165, 1.54) is 16.5 Å². The standard InChI is InChI=1S/C30H28F3N3O4/c31-30(32,33)22-6-2-4-20(16-22)25(37)27(39)36-12-7-24-23(17-36)26(38)35-28(34-24)29(10-11-29)21-5-1-3-19(15-21)18-8-13-40-14-9-18/h1-6,8,15-16,25,37H,7,9-14,17H2,(H,34,35,38). The first-order chi connectivity index (χ1) is 19.2. The molecule has 2 N–H and O–H groups in total. The van der Waals surface area contributed by atoms with Crippen molar-refractivity contribution in [3.63, 3.8) is 0 Å². The van der Waals surface area contributed by atoms with E-state index in [2.05, 4.69) is 29.3 Å². The predicted molar refractivity (Wildman–Crippen MR) is 140 cm³/mol. The van der Waals surface area contributed by atoms with E-state index in [4.69, 9.17) is 9.72 Å². The lowest BCUT2D eigenvalue weighted by Crippen LogP contribution is -2.42. The Morgan fingerprint density at radius 3 is 2.65 bits per heavy atom. The largest absolute Gasteiger partial charge is 0.416 e. The first kappa shape index (κ1) is 26.5. The third-order valence-electron chi connectivity index (χ3n) is 8.10. The Labute approximate surface area is 228 Å². The quantitative estimate of drug-likeness (QED) is 0.494. The molecule has 0 saturated heterocycles. The highest BCUT2D eigenvalue weighted by Crippen LogP contribution is 2.52. The highest BCUT2D eigenvalue weighted by molar-refractivity contribution is 5.82. The molecule has 1 aromatic heterocycles. The number of alkyl halides is 3. The summed E-state index contributed by atoms with van der Waals surface area (Å²) >= 11 is 0. The molecular formula is C30H28F3N3O4. The van der Waals surface area contributed by atoms with Crippen LogP contribution in [0.4, 0.5) is 13.2 Å². The van der Waals surface area contributed by atoms with E-state index in [1.54, 1.807) is 0 Å². The van der Waals surface area contributed by atoms with Gasteiger partial charge in [0.05, 0.1) is 42.0 Å². The summed E-state index contributed by atoms with van der Waals surface area (Å²) in [7, 11) is 0. The molecule has 1 unspecified atom stereocenters. The SMILES string of the molecule is O=C(C(O)c1cccc(C(F)(F)F)c1)N1CCc2nc(C3(c4cccc(C5=CCOCC5)c4)CC3)[nH]c(=O)c2C1. The number of nitrogens with zero attached hydrogens (tertiary/aromatic N) is 2. The number of rotatable bonds is 5. The number of aromatic amines is 1. The number of hydrogen-bond donors (Lipinski definition) is 2. The molecule has 2 aliphatic heterocycles. The fraction of sp³-hybridized carbons (Fsp3) is 0.367. The highest BCUT2D eigenvalue weighted by Gasteiger charge is 2.49. The molecule has 1 saturated carbocycles. The van der Waals surface area contributed by atoms with Crippen molar-refractivity contribution >= 4 is 11.5 Å². The van der Waals surface area contributed by atoms with Gasteiger partial charge in [-0.1, -0.05) is 42.5 Å². The minimum Gasteiger partial charge on any atom is -0.378 e. The first-order valence-corrected chi connectivity index (χ1v) is 13.3. The molecule has 0 bridgehead atoms. The van der Waals surface area contributed by atoms with Gasteiger partial charge in [-0.15, -0.1) is 0 Å². The lowest BCUT2D eigenvalue weighted by Gasteiger charge is -2.30. The monoisotopic (exact) mass is 551 g/mol. The molecular weight excluding hydrogens is 523 g/mol. The van der Waals surface area contributed by atoms with Crippen LogP contribution in [0.2, 0.25) is 0 Å². The number of aliphatic hydroxyl groups is 1. The van der Waals surface area contributed by atoms with E-state index in [1.807, 2.05) is 6.07 Å². The van der Waals surface area contributed by atoms with E-state index in [-0.39, 0.29) is 29.6 Å². The summed E-state index contributed by atoms with van der Waals surface area (Å²) in [6, 6.07) is 12.4. The maximum Gasteiger partial charge on any atom is 0.416 e. The second-order valence-electron chi connectivity index (χ2n) is 10.6. The van der Waals surface area contributed by atoms with Crippen molar-refractivity contribution in [2.75, 3.05) is 19.8 Å². The number of nitrogens with one attached hydrogen (secondary N) is 1. The number of aromatic nitrogens is 2. The van der Waals surface area contributed by atoms with Crippen LogP contribution in [0.3, 0.4) is 0 Å². The van der Waals surface area contributed by atoms with Gasteiger partial charge in [0.2, 0.25) is 0 Å². The van der Waals surface area contributed by atoms with Gasteiger partial charge in [0, 0.05) is 13.0 Å². The summed E-state index contributed by atoms with van der Waals surface area (Å²) in [5.74, 6) is -0.149. The molecule has 40 heavy (non-hydrogen) atoms. The van der Waals surface area contributed by atoms with E-state index in [0.29, 0.717) is 36.7 Å². The average Bonchev–Trinajstić information content (AvgIpc) is 3.79. The van der Waals surface area contributed by atoms with Crippen LogP contribution in [0, 0.1) is 0 Å². The molecule has 2 aromatic carbocycles.